The minimum atomic E-state index is -0.838. The highest BCUT2D eigenvalue weighted by Crippen LogP contribution is 2.16. The zero-order valence-electron chi connectivity index (χ0n) is 41.8. The molecule has 0 spiro atoms. The van der Waals surface area contributed by atoms with Gasteiger partial charge in [-0.25, -0.2) is 0 Å². The molecule has 0 saturated carbocycles. The molecule has 0 aromatic heterocycles. The smallest absolute Gasteiger partial charge is 0.220 e. The lowest BCUT2D eigenvalue weighted by Gasteiger charge is -2.20. The van der Waals surface area contributed by atoms with Gasteiger partial charge in [-0.2, -0.15) is 0 Å². The predicted molar refractivity (Wildman–Crippen MR) is 280 cm³/mol. The Morgan fingerprint density at radius 2 is 0.698 bits per heavy atom. The van der Waals surface area contributed by atoms with Gasteiger partial charge in [0.25, 0.3) is 0 Å². The summed E-state index contributed by atoms with van der Waals surface area (Å²) >= 11 is 0. The van der Waals surface area contributed by atoms with Gasteiger partial charge < -0.3 is 15.5 Å². The number of carbonyl (C=O) groups is 1. The molecule has 0 aromatic rings. The molecule has 364 valence electrons. The number of allylic oxidation sites excluding steroid dienone is 13. The van der Waals surface area contributed by atoms with Crippen LogP contribution in [0.4, 0.5) is 0 Å². The summed E-state index contributed by atoms with van der Waals surface area (Å²) in [6, 6.07) is -0.621. The van der Waals surface area contributed by atoms with Crippen molar-refractivity contribution in [2.24, 2.45) is 0 Å². The van der Waals surface area contributed by atoms with Gasteiger partial charge in [0.1, 0.15) is 0 Å². The molecule has 0 aliphatic rings. The van der Waals surface area contributed by atoms with Crippen molar-refractivity contribution >= 4 is 5.91 Å². The molecule has 4 nitrogen and oxygen atoms in total. The third kappa shape index (κ3) is 50.4. The predicted octanol–water partition coefficient (Wildman–Crippen LogP) is 18.0. The lowest BCUT2D eigenvalue weighted by atomic mass is 10.0. The fraction of sp³-hybridized carbons (Fsp3) is 0.746. The summed E-state index contributed by atoms with van der Waals surface area (Å²) in [5.41, 5.74) is 0. The van der Waals surface area contributed by atoms with Gasteiger partial charge in [0.15, 0.2) is 0 Å². The molecule has 1 amide bonds. The Balaban J connectivity index is 3.42. The van der Waals surface area contributed by atoms with Gasteiger partial charge in [-0.15, -0.1) is 0 Å². The molecule has 0 heterocycles. The Bertz CT molecular complexity index is 1130. The fourth-order valence-electron chi connectivity index (χ4n) is 8.01. The summed E-state index contributed by atoms with van der Waals surface area (Å²) in [5.74, 6) is -0.0645. The molecule has 0 bridgehead atoms. The number of amides is 1. The van der Waals surface area contributed by atoms with Gasteiger partial charge in [0, 0.05) is 6.42 Å². The van der Waals surface area contributed by atoms with E-state index in [1.807, 2.05) is 6.08 Å². The van der Waals surface area contributed by atoms with Crippen LogP contribution < -0.4 is 5.32 Å². The SMILES string of the molecule is CC/C=C\C/C=C\C/C=C\C/C=C\C/C=C\C/C=C\CCCCCCCCCCCCCCCCCCCCCCCCC(=O)NC(CO)C(O)/C=C/CCCCCCCCCC. The number of rotatable bonds is 49. The van der Waals surface area contributed by atoms with Crippen molar-refractivity contribution in [3.8, 4) is 0 Å². The normalized spacial score (nSPS) is 13.5. The molecular formula is C59H105NO3. The van der Waals surface area contributed by atoms with E-state index in [4.69, 9.17) is 0 Å². The van der Waals surface area contributed by atoms with Gasteiger partial charge >= 0.3 is 0 Å². The maximum absolute atomic E-state index is 12.4. The van der Waals surface area contributed by atoms with Crippen molar-refractivity contribution in [3.63, 3.8) is 0 Å². The van der Waals surface area contributed by atoms with Gasteiger partial charge in [-0.1, -0.05) is 272 Å². The average Bonchev–Trinajstić information content (AvgIpc) is 3.29. The molecule has 0 aliphatic carbocycles. The Morgan fingerprint density at radius 1 is 0.397 bits per heavy atom. The van der Waals surface area contributed by atoms with Crippen LogP contribution in [-0.4, -0.2) is 34.9 Å². The molecule has 0 rings (SSSR count). The first-order chi connectivity index (χ1) is 31.2. The van der Waals surface area contributed by atoms with Crippen LogP contribution in [0.15, 0.2) is 85.1 Å². The van der Waals surface area contributed by atoms with Crippen LogP contribution in [0.1, 0.15) is 264 Å². The summed E-state index contributed by atoms with van der Waals surface area (Å²) in [5, 5.41) is 23.0. The van der Waals surface area contributed by atoms with Crippen molar-refractivity contribution in [3.05, 3.63) is 85.1 Å². The quantitative estimate of drug-likeness (QED) is 0.0421. The molecule has 0 aliphatic heterocycles. The van der Waals surface area contributed by atoms with Crippen LogP contribution in [0.25, 0.3) is 0 Å². The number of nitrogens with one attached hydrogen (secondary N) is 1. The number of aliphatic hydroxyl groups excluding tert-OH is 2. The molecule has 2 unspecified atom stereocenters. The van der Waals surface area contributed by atoms with E-state index in [0.29, 0.717) is 6.42 Å². The van der Waals surface area contributed by atoms with E-state index in [0.717, 1.165) is 64.2 Å². The highest BCUT2D eigenvalue weighted by atomic mass is 16.3. The maximum Gasteiger partial charge on any atom is 0.220 e. The zero-order valence-corrected chi connectivity index (χ0v) is 41.8. The molecule has 0 radical (unpaired) electrons. The zero-order chi connectivity index (χ0) is 45.6. The van der Waals surface area contributed by atoms with E-state index in [2.05, 4.69) is 92.1 Å². The first-order valence-electron chi connectivity index (χ1n) is 27.3. The van der Waals surface area contributed by atoms with Crippen LogP contribution in [0.5, 0.6) is 0 Å². The number of hydrogen-bond donors (Lipinski definition) is 3. The number of aliphatic hydroxyl groups is 2. The molecule has 0 aromatic carbocycles. The average molecular weight is 876 g/mol. The van der Waals surface area contributed by atoms with Crippen molar-refractivity contribution in [1.29, 1.82) is 0 Å². The summed E-state index contributed by atoms with van der Waals surface area (Å²) in [7, 11) is 0. The third-order valence-electron chi connectivity index (χ3n) is 12.1. The van der Waals surface area contributed by atoms with Crippen LogP contribution in [0.2, 0.25) is 0 Å². The van der Waals surface area contributed by atoms with E-state index < -0.39 is 12.1 Å². The van der Waals surface area contributed by atoms with Crippen molar-refractivity contribution < 1.29 is 15.0 Å². The van der Waals surface area contributed by atoms with Crippen molar-refractivity contribution in [2.45, 2.75) is 276 Å². The van der Waals surface area contributed by atoms with E-state index >= 15 is 0 Å². The third-order valence-corrected chi connectivity index (χ3v) is 12.1. The molecule has 0 fully saturated rings. The monoisotopic (exact) mass is 876 g/mol. The van der Waals surface area contributed by atoms with E-state index in [1.165, 1.54) is 180 Å². The number of carbonyl (C=O) groups excluding carboxylic acids is 1. The van der Waals surface area contributed by atoms with Crippen molar-refractivity contribution in [1.82, 2.24) is 5.32 Å². The lowest BCUT2D eigenvalue weighted by Crippen LogP contribution is -2.45. The molecule has 0 saturated heterocycles. The Morgan fingerprint density at radius 3 is 1.05 bits per heavy atom. The minimum absolute atomic E-state index is 0.0645. The Hall–Kier alpha value is -2.43. The van der Waals surface area contributed by atoms with Crippen LogP contribution in [0.3, 0.4) is 0 Å². The topological polar surface area (TPSA) is 69.6 Å². The van der Waals surface area contributed by atoms with Gasteiger partial charge in [0.05, 0.1) is 18.8 Å². The molecule has 63 heavy (non-hydrogen) atoms. The standard InChI is InChI=1S/C59H105NO3/c1-3-5-7-9-11-13-15-16-17-18-19-20-21-22-23-24-25-26-27-28-29-30-31-32-33-34-35-36-37-38-39-40-41-42-43-44-45-47-49-51-53-55-59(63)60-57(56-61)58(62)54-52-50-48-46-14-12-10-8-6-4-2/h5,7,11,13,16-17,19-20,22-23,25-26,52,54,57-58,61-62H,3-4,6,8-10,12,14-15,18,21,24,27-51,53,55-56H2,1-2H3,(H,60,63)/b7-5-,13-11-,17-16-,20-19-,23-22-,26-25-,54-52+. The second-order valence-electron chi connectivity index (χ2n) is 18.3. The van der Waals surface area contributed by atoms with Crippen LogP contribution >= 0.6 is 0 Å². The lowest BCUT2D eigenvalue weighted by molar-refractivity contribution is -0.123. The molecule has 2 atom stereocenters. The molecule has 3 N–H and O–H groups in total. The van der Waals surface area contributed by atoms with Crippen LogP contribution in [-0.2, 0) is 4.79 Å². The number of hydrogen-bond acceptors (Lipinski definition) is 3. The maximum atomic E-state index is 12.4. The summed E-state index contributed by atoms with van der Waals surface area (Å²) in [6.07, 6.45) is 79.0. The summed E-state index contributed by atoms with van der Waals surface area (Å²) < 4.78 is 0. The minimum Gasteiger partial charge on any atom is -0.394 e. The second-order valence-corrected chi connectivity index (χ2v) is 18.3. The summed E-state index contributed by atoms with van der Waals surface area (Å²) in [6.45, 7) is 4.18. The van der Waals surface area contributed by atoms with Gasteiger partial charge in [0.2, 0.25) is 5.91 Å². The van der Waals surface area contributed by atoms with E-state index in [-0.39, 0.29) is 12.5 Å². The highest BCUT2D eigenvalue weighted by molar-refractivity contribution is 5.76. The highest BCUT2D eigenvalue weighted by Gasteiger charge is 2.18. The van der Waals surface area contributed by atoms with Gasteiger partial charge in [-0.05, 0) is 70.6 Å². The van der Waals surface area contributed by atoms with Crippen LogP contribution in [0, 0.1) is 0 Å². The largest absolute Gasteiger partial charge is 0.394 e. The fourth-order valence-corrected chi connectivity index (χ4v) is 8.01. The van der Waals surface area contributed by atoms with E-state index in [1.54, 1.807) is 6.08 Å². The first kappa shape index (κ1) is 60.6. The Kier molecular flexibility index (Phi) is 51.8. The molecule has 4 heteroatoms. The summed E-state index contributed by atoms with van der Waals surface area (Å²) in [4.78, 5) is 12.4. The first-order valence-corrected chi connectivity index (χ1v) is 27.3. The van der Waals surface area contributed by atoms with Gasteiger partial charge in [-0.3, -0.25) is 4.79 Å². The number of unbranched alkanes of at least 4 members (excludes halogenated alkanes) is 30. The second kappa shape index (κ2) is 53.9. The van der Waals surface area contributed by atoms with Crippen molar-refractivity contribution in [2.75, 3.05) is 6.61 Å². The van der Waals surface area contributed by atoms with E-state index in [9.17, 15) is 15.0 Å². The Labute approximate surface area is 392 Å². The molecular weight excluding hydrogens is 771 g/mol.